The number of halogens is 2. The molecule has 0 aliphatic carbocycles. The number of nitrogens with zero attached hydrogens (tertiary/aromatic N) is 3. The van der Waals surface area contributed by atoms with Crippen LogP contribution in [0.1, 0.15) is 18.4 Å². The average molecular weight is 321 g/mol. The van der Waals surface area contributed by atoms with Crippen LogP contribution in [0.3, 0.4) is 0 Å². The number of rotatable bonds is 4. The molecule has 22 heavy (non-hydrogen) atoms. The third-order valence-corrected chi connectivity index (χ3v) is 4.05. The standard InChI is InChI=1S/C16H18ClFN4/c17-15-9-19-10-16(21-15)20-14-5-7-22(8-6-14)11-12-1-3-13(18)4-2-12/h1-4,9-10,14H,5-8,11H2,(H,20,21). The summed E-state index contributed by atoms with van der Waals surface area (Å²) >= 11 is 5.84. The second-order valence-electron chi connectivity index (χ2n) is 5.55. The lowest BCUT2D eigenvalue weighted by atomic mass is 10.0. The Morgan fingerprint density at radius 3 is 2.59 bits per heavy atom. The third-order valence-electron chi connectivity index (χ3n) is 3.86. The molecule has 0 spiro atoms. The zero-order valence-electron chi connectivity index (χ0n) is 12.2. The zero-order valence-corrected chi connectivity index (χ0v) is 12.9. The van der Waals surface area contributed by atoms with Crippen molar-refractivity contribution in [3.63, 3.8) is 0 Å². The molecule has 116 valence electrons. The van der Waals surface area contributed by atoms with Gasteiger partial charge in [-0.2, -0.15) is 0 Å². The highest BCUT2D eigenvalue weighted by atomic mass is 35.5. The summed E-state index contributed by atoms with van der Waals surface area (Å²) in [4.78, 5) is 10.6. The Labute approximate surface area is 134 Å². The Kier molecular flexibility index (Phi) is 4.85. The van der Waals surface area contributed by atoms with E-state index in [0.717, 1.165) is 43.9 Å². The van der Waals surface area contributed by atoms with Crippen LogP contribution in [0, 0.1) is 5.82 Å². The smallest absolute Gasteiger partial charge is 0.149 e. The molecule has 1 aromatic heterocycles. The Bertz CT molecular complexity index is 612. The molecule has 0 bridgehead atoms. The van der Waals surface area contributed by atoms with E-state index >= 15 is 0 Å². The van der Waals surface area contributed by atoms with Gasteiger partial charge in [-0.15, -0.1) is 0 Å². The van der Waals surface area contributed by atoms with Gasteiger partial charge in [-0.05, 0) is 30.5 Å². The van der Waals surface area contributed by atoms with E-state index in [2.05, 4.69) is 20.2 Å². The lowest BCUT2D eigenvalue weighted by molar-refractivity contribution is 0.211. The predicted molar refractivity (Wildman–Crippen MR) is 85.4 cm³/mol. The molecule has 0 radical (unpaired) electrons. The minimum absolute atomic E-state index is 0.186. The van der Waals surface area contributed by atoms with Crippen LogP contribution in [0.2, 0.25) is 5.15 Å². The van der Waals surface area contributed by atoms with Gasteiger partial charge in [0, 0.05) is 25.7 Å². The van der Waals surface area contributed by atoms with Gasteiger partial charge in [0.1, 0.15) is 16.8 Å². The van der Waals surface area contributed by atoms with E-state index in [0.29, 0.717) is 11.2 Å². The van der Waals surface area contributed by atoms with Crippen LogP contribution in [-0.2, 0) is 6.54 Å². The van der Waals surface area contributed by atoms with Crippen molar-refractivity contribution in [1.82, 2.24) is 14.9 Å². The first-order chi connectivity index (χ1) is 10.7. The lowest BCUT2D eigenvalue weighted by Crippen LogP contribution is -2.38. The molecule has 0 saturated carbocycles. The van der Waals surface area contributed by atoms with Crippen molar-refractivity contribution in [3.05, 3.63) is 53.2 Å². The molecule has 0 unspecified atom stereocenters. The fourth-order valence-corrected chi connectivity index (χ4v) is 2.85. The molecule has 1 N–H and O–H groups in total. The monoisotopic (exact) mass is 320 g/mol. The maximum absolute atomic E-state index is 12.9. The number of likely N-dealkylation sites (tertiary alicyclic amines) is 1. The quantitative estimate of drug-likeness (QED) is 0.938. The van der Waals surface area contributed by atoms with Crippen molar-refractivity contribution in [2.45, 2.75) is 25.4 Å². The molecule has 1 saturated heterocycles. The molecule has 6 heteroatoms. The third kappa shape index (κ3) is 4.15. The predicted octanol–water partition coefficient (Wildman–Crippen LogP) is 3.35. The first-order valence-corrected chi connectivity index (χ1v) is 7.78. The van der Waals surface area contributed by atoms with Gasteiger partial charge in [-0.3, -0.25) is 9.88 Å². The van der Waals surface area contributed by atoms with Gasteiger partial charge >= 0.3 is 0 Å². The van der Waals surface area contributed by atoms with Crippen LogP contribution in [0.4, 0.5) is 10.2 Å². The molecule has 2 heterocycles. The Morgan fingerprint density at radius 1 is 1.18 bits per heavy atom. The fourth-order valence-electron chi connectivity index (χ4n) is 2.70. The van der Waals surface area contributed by atoms with E-state index in [1.807, 2.05) is 12.1 Å². The van der Waals surface area contributed by atoms with Gasteiger partial charge in [-0.1, -0.05) is 23.7 Å². The fraction of sp³-hybridized carbons (Fsp3) is 0.375. The summed E-state index contributed by atoms with van der Waals surface area (Å²) in [5.74, 6) is 0.541. The molecule has 0 atom stereocenters. The Balaban J connectivity index is 1.49. The van der Waals surface area contributed by atoms with Gasteiger partial charge in [0.05, 0.1) is 12.4 Å². The maximum Gasteiger partial charge on any atom is 0.149 e. The molecule has 1 fully saturated rings. The van der Waals surface area contributed by atoms with Gasteiger partial charge < -0.3 is 5.32 Å². The van der Waals surface area contributed by atoms with E-state index in [1.165, 1.54) is 18.3 Å². The largest absolute Gasteiger partial charge is 0.366 e. The molecule has 2 aromatic rings. The Morgan fingerprint density at radius 2 is 1.91 bits per heavy atom. The summed E-state index contributed by atoms with van der Waals surface area (Å²) in [7, 11) is 0. The lowest BCUT2D eigenvalue weighted by Gasteiger charge is -2.32. The second kappa shape index (κ2) is 7.03. The number of hydrogen-bond acceptors (Lipinski definition) is 4. The molecule has 4 nitrogen and oxygen atoms in total. The van der Waals surface area contributed by atoms with Crippen LogP contribution in [-0.4, -0.2) is 34.0 Å². The molecular weight excluding hydrogens is 303 g/mol. The zero-order chi connectivity index (χ0) is 15.4. The molecule has 1 aliphatic rings. The van der Waals surface area contributed by atoms with E-state index in [1.54, 1.807) is 6.20 Å². The second-order valence-corrected chi connectivity index (χ2v) is 5.94. The summed E-state index contributed by atoms with van der Waals surface area (Å²) in [6.07, 6.45) is 5.29. The summed E-state index contributed by atoms with van der Waals surface area (Å²) in [6.45, 7) is 2.87. The van der Waals surface area contributed by atoms with E-state index in [9.17, 15) is 4.39 Å². The highest BCUT2D eigenvalue weighted by Gasteiger charge is 2.19. The average Bonchev–Trinajstić information content (AvgIpc) is 2.52. The van der Waals surface area contributed by atoms with Crippen LogP contribution < -0.4 is 5.32 Å². The van der Waals surface area contributed by atoms with Gasteiger partial charge in [0.2, 0.25) is 0 Å². The number of hydrogen-bond donors (Lipinski definition) is 1. The minimum Gasteiger partial charge on any atom is -0.366 e. The van der Waals surface area contributed by atoms with E-state index in [-0.39, 0.29) is 5.82 Å². The van der Waals surface area contributed by atoms with Crippen molar-refractivity contribution < 1.29 is 4.39 Å². The summed E-state index contributed by atoms with van der Waals surface area (Å²) in [5, 5.41) is 3.78. The SMILES string of the molecule is Fc1ccc(CN2CCC(Nc3cncc(Cl)n3)CC2)cc1. The van der Waals surface area contributed by atoms with Crippen molar-refractivity contribution in [3.8, 4) is 0 Å². The van der Waals surface area contributed by atoms with E-state index < -0.39 is 0 Å². The van der Waals surface area contributed by atoms with Gasteiger partial charge in [0.25, 0.3) is 0 Å². The molecule has 3 rings (SSSR count). The Hall–Kier alpha value is -1.72. The number of benzene rings is 1. The summed E-state index contributed by atoms with van der Waals surface area (Å²) in [5.41, 5.74) is 1.15. The summed E-state index contributed by atoms with van der Waals surface area (Å²) in [6, 6.07) is 7.11. The molecular formula is C16H18ClFN4. The van der Waals surface area contributed by atoms with Crippen LogP contribution in [0.15, 0.2) is 36.7 Å². The van der Waals surface area contributed by atoms with Crippen LogP contribution in [0.25, 0.3) is 0 Å². The van der Waals surface area contributed by atoms with Gasteiger partial charge in [-0.25, -0.2) is 9.37 Å². The number of nitrogens with one attached hydrogen (secondary N) is 1. The highest BCUT2D eigenvalue weighted by Crippen LogP contribution is 2.18. The summed E-state index contributed by atoms with van der Waals surface area (Å²) < 4.78 is 12.9. The maximum atomic E-state index is 12.9. The van der Waals surface area contributed by atoms with Gasteiger partial charge in [0.15, 0.2) is 0 Å². The number of piperidine rings is 1. The minimum atomic E-state index is -0.186. The number of aromatic nitrogens is 2. The first kappa shape index (κ1) is 15.2. The van der Waals surface area contributed by atoms with Crippen molar-refractivity contribution >= 4 is 17.4 Å². The van der Waals surface area contributed by atoms with Crippen LogP contribution >= 0.6 is 11.6 Å². The number of anilines is 1. The van der Waals surface area contributed by atoms with Crippen molar-refractivity contribution in [2.24, 2.45) is 0 Å². The first-order valence-electron chi connectivity index (χ1n) is 7.40. The topological polar surface area (TPSA) is 41.0 Å². The molecule has 1 aromatic carbocycles. The highest BCUT2D eigenvalue weighted by molar-refractivity contribution is 6.29. The molecule has 1 aliphatic heterocycles. The normalized spacial score (nSPS) is 16.6. The van der Waals surface area contributed by atoms with E-state index in [4.69, 9.17) is 11.6 Å². The molecule has 0 amide bonds. The van der Waals surface area contributed by atoms with Crippen molar-refractivity contribution in [2.75, 3.05) is 18.4 Å². The van der Waals surface area contributed by atoms with Crippen molar-refractivity contribution in [1.29, 1.82) is 0 Å². The van der Waals surface area contributed by atoms with Crippen LogP contribution in [0.5, 0.6) is 0 Å².